The molecule has 1 N–H and O–H groups in total. The van der Waals surface area contributed by atoms with Gasteiger partial charge in [-0.25, -0.2) is 4.98 Å². The Bertz CT molecular complexity index is 816. The van der Waals surface area contributed by atoms with Gasteiger partial charge in [-0.3, -0.25) is 19.2 Å². The largest absolute Gasteiger partial charge is 0.356 e. The Labute approximate surface area is 162 Å². The minimum Gasteiger partial charge on any atom is -0.356 e. The van der Waals surface area contributed by atoms with Gasteiger partial charge in [-0.15, -0.1) is 10.2 Å². The summed E-state index contributed by atoms with van der Waals surface area (Å²) in [4.78, 5) is 30.5. The molecule has 0 spiro atoms. The molecule has 3 rings (SSSR count). The van der Waals surface area contributed by atoms with E-state index in [4.69, 9.17) is 0 Å². The summed E-state index contributed by atoms with van der Waals surface area (Å²) in [5.41, 5.74) is 0. The maximum Gasteiger partial charge on any atom is 0.229 e. The maximum absolute atomic E-state index is 12.4. The van der Waals surface area contributed by atoms with Gasteiger partial charge in [0.25, 0.3) is 0 Å². The molecule has 10 heteroatoms. The van der Waals surface area contributed by atoms with E-state index in [1.54, 1.807) is 4.90 Å². The summed E-state index contributed by atoms with van der Waals surface area (Å²) in [6, 6.07) is 0. The highest BCUT2D eigenvalue weighted by molar-refractivity contribution is 7.15. The van der Waals surface area contributed by atoms with Crippen LogP contribution < -0.4 is 10.2 Å². The van der Waals surface area contributed by atoms with E-state index >= 15 is 0 Å². The van der Waals surface area contributed by atoms with Crippen molar-refractivity contribution in [2.45, 2.75) is 53.0 Å². The van der Waals surface area contributed by atoms with Crippen molar-refractivity contribution in [1.82, 2.24) is 30.3 Å². The lowest BCUT2D eigenvalue weighted by atomic mass is 10.1. The molecule has 2 aromatic heterocycles. The zero-order valence-electron chi connectivity index (χ0n) is 15.9. The summed E-state index contributed by atoms with van der Waals surface area (Å²) in [6.07, 6.45) is 2.82. The number of carbonyl (C=O) groups excluding carboxylic acids is 2. The molecule has 1 aliphatic rings. The maximum atomic E-state index is 12.4. The van der Waals surface area contributed by atoms with Crippen LogP contribution in [0.25, 0.3) is 0 Å². The topological polar surface area (TPSA) is 106 Å². The molecule has 0 aromatic carbocycles. The van der Waals surface area contributed by atoms with Crippen molar-refractivity contribution in [3.8, 4) is 0 Å². The third-order valence-electron chi connectivity index (χ3n) is 4.46. The smallest absolute Gasteiger partial charge is 0.229 e. The number of hydrogen-bond acceptors (Lipinski definition) is 7. The zero-order chi connectivity index (χ0) is 19.4. The van der Waals surface area contributed by atoms with Gasteiger partial charge in [-0.05, 0) is 26.7 Å². The number of nitrogens with zero attached hydrogens (tertiary/aromatic N) is 6. The zero-order valence-corrected chi connectivity index (χ0v) is 16.8. The lowest BCUT2D eigenvalue weighted by Crippen LogP contribution is -2.33. The summed E-state index contributed by atoms with van der Waals surface area (Å²) < 4.78 is 1.84. The fourth-order valence-electron chi connectivity index (χ4n) is 3.09. The first-order valence-corrected chi connectivity index (χ1v) is 10.1. The highest BCUT2D eigenvalue weighted by Crippen LogP contribution is 2.28. The molecule has 1 aliphatic heterocycles. The average molecular weight is 392 g/mol. The van der Waals surface area contributed by atoms with Gasteiger partial charge < -0.3 is 5.32 Å². The molecular weight excluding hydrogens is 366 g/mol. The molecule has 0 bridgehead atoms. The molecule has 1 atom stereocenters. The van der Waals surface area contributed by atoms with Gasteiger partial charge in [0.15, 0.2) is 0 Å². The van der Waals surface area contributed by atoms with Gasteiger partial charge in [-0.2, -0.15) is 5.10 Å². The number of anilines is 1. The van der Waals surface area contributed by atoms with Crippen molar-refractivity contribution < 1.29 is 9.59 Å². The van der Waals surface area contributed by atoms with Crippen LogP contribution in [-0.2, 0) is 22.6 Å². The molecule has 9 nitrogen and oxygen atoms in total. The fraction of sp³-hybridized carbons (Fsp3) is 0.647. The summed E-state index contributed by atoms with van der Waals surface area (Å²) >= 11 is 1.43. The van der Waals surface area contributed by atoms with Crippen LogP contribution in [-0.4, -0.2) is 49.9 Å². The van der Waals surface area contributed by atoms with E-state index in [-0.39, 0.29) is 24.2 Å². The van der Waals surface area contributed by atoms with Gasteiger partial charge in [0.1, 0.15) is 16.7 Å². The highest BCUT2D eigenvalue weighted by atomic mass is 32.1. The molecule has 0 saturated carbocycles. The van der Waals surface area contributed by atoms with Crippen LogP contribution in [0.15, 0.2) is 0 Å². The number of nitrogens with one attached hydrogen (secondary N) is 1. The van der Waals surface area contributed by atoms with E-state index < -0.39 is 0 Å². The van der Waals surface area contributed by atoms with E-state index in [2.05, 4.69) is 32.5 Å². The minimum atomic E-state index is -0.341. The molecule has 2 amide bonds. The van der Waals surface area contributed by atoms with Crippen LogP contribution >= 0.6 is 11.3 Å². The Morgan fingerprint density at radius 2 is 2.15 bits per heavy atom. The van der Waals surface area contributed by atoms with Crippen molar-refractivity contribution in [2.24, 2.45) is 5.92 Å². The standard InChI is InChI=1S/C17H25N7O2S/c1-4-6-14-20-21-17(27-14)23-10-13(9-15(23)25)16(26)18-7-5-8-24-12(3)19-11(2)22-24/h13H,4-10H2,1-3H3,(H,18,26). The number of rotatable bonds is 8. The van der Waals surface area contributed by atoms with E-state index in [1.807, 2.05) is 18.5 Å². The van der Waals surface area contributed by atoms with Gasteiger partial charge in [0.2, 0.25) is 16.9 Å². The monoisotopic (exact) mass is 391 g/mol. The second-order valence-electron chi connectivity index (χ2n) is 6.71. The predicted octanol–water partition coefficient (Wildman–Crippen LogP) is 1.26. The molecule has 27 heavy (non-hydrogen) atoms. The molecule has 2 aromatic rings. The lowest BCUT2D eigenvalue weighted by molar-refractivity contribution is -0.126. The van der Waals surface area contributed by atoms with E-state index in [9.17, 15) is 9.59 Å². The molecular formula is C17H25N7O2S. The molecule has 146 valence electrons. The van der Waals surface area contributed by atoms with Crippen LogP contribution in [0.4, 0.5) is 5.13 Å². The van der Waals surface area contributed by atoms with E-state index in [0.29, 0.717) is 24.8 Å². The summed E-state index contributed by atoms with van der Waals surface area (Å²) in [7, 11) is 0. The number of aromatic nitrogens is 5. The average Bonchev–Trinajstić information content (AvgIpc) is 3.31. The molecule has 0 aliphatic carbocycles. The van der Waals surface area contributed by atoms with Crippen molar-refractivity contribution in [2.75, 3.05) is 18.0 Å². The van der Waals surface area contributed by atoms with Crippen molar-refractivity contribution >= 4 is 28.3 Å². The SMILES string of the molecule is CCCc1nnc(N2CC(C(=O)NCCCn3nc(C)nc3C)CC2=O)s1. The van der Waals surface area contributed by atoms with Crippen molar-refractivity contribution in [3.05, 3.63) is 16.7 Å². The van der Waals surface area contributed by atoms with Crippen LogP contribution in [0.1, 0.15) is 42.8 Å². The lowest BCUT2D eigenvalue weighted by Gasteiger charge is -2.12. The summed E-state index contributed by atoms with van der Waals surface area (Å²) in [6.45, 7) is 7.46. The van der Waals surface area contributed by atoms with Crippen LogP contribution in [0.5, 0.6) is 0 Å². The van der Waals surface area contributed by atoms with Gasteiger partial charge in [0.05, 0.1) is 5.92 Å². The van der Waals surface area contributed by atoms with Crippen LogP contribution in [0.2, 0.25) is 0 Å². The molecule has 3 heterocycles. The van der Waals surface area contributed by atoms with Crippen LogP contribution in [0, 0.1) is 19.8 Å². The summed E-state index contributed by atoms with van der Waals surface area (Å²) in [5, 5.41) is 17.0. The van der Waals surface area contributed by atoms with Gasteiger partial charge in [-0.1, -0.05) is 18.3 Å². The summed E-state index contributed by atoms with van der Waals surface area (Å²) in [5.74, 6) is 1.13. The number of hydrogen-bond donors (Lipinski definition) is 1. The number of amides is 2. The molecule has 1 unspecified atom stereocenters. The first-order valence-electron chi connectivity index (χ1n) is 9.26. The first kappa shape index (κ1) is 19.4. The van der Waals surface area contributed by atoms with E-state index in [0.717, 1.165) is 35.9 Å². The molecule has 1 saturated heterocycles. The first-order chi connectivity index (χ1) is 13.0. The number of carbonyl (C=O) groups is 2. The Hall–Kier alpha value is -2.36. The van der Waals surface area contributed by atoms with E-state index in [1.165, 1.54) is 11.3 Å². The third-order valence-corrected chi connectivity index (χ3v) is 5.46. The normalized spacial score (nSPS) is 16.9. The Balaban J connectivity index is 1.46. The fourth-order valence-corrected chi connectivity index (χ4v) is 4.06. The van der Waals surface area contributed by atoms with Gasteiger partial charge >= 0.3 is 0 Å². The Morgan fingerprint density at radius 3 is 2.85 bits per heavy atom. The second kappa shape index (κ2) is 8.55. The quantitative estimate of drug-likeness (QED) is 0.679. The molecule has 1 fully saturated rings. The Morgan fingerprint density at radius 1 is 1.33 bits per heavy atom. The van der Waals surface area contributed by atoms with Crippen molar-refractivity contribution in [1.29, 1.82) is 0 Å². The Kier molecular flexibility index (Phi) is 6.15. The molecule has 0 radical (unpaired) electrons. The predicted molar refractivity (Wildman–Crippen MR) is 101 cm³/mol. The third kappa shape index (κ3) is 4.68. The van der Waals surface area contributed by atoms with Crippen molar-refractivity contribution in [3.63, 3.8) is 0 Å². The number of aryl methyl sites for hydroxylation is 4. The van der Waals surface area contributed by atoms with Gasteiger partial charge in [0, 0.05) is 32.5 Å². The highest BCUT2D eigenvalue weighted by Gasteiger charge is 2.36. The van der Waals surface area contributed by atoms with Crippen LogP contribution in [0.3, 0.4) is 0 Å². The minimum absolute atomic E-state index is 0.0666. The second-order valence-corrected chi connectivity index (χ2v) is 7.75.